The predicted octanol–water partition coefficient (Wildman–Crippen LogP) is 2.00. The van der Waals surface area contributed by atoms with E-state index in [2.05, 4.69) is 15.0 Å². The van der Waals surface area contributed by atoms with Crippen LogP contribution in [0.15, 0.2) is 11.2 Å². The average molecular weight is 219 g/mol. The summed E-state index contributed by atoms with van der Waals surface area (Å²) in [5.74, 6) is 0. The number of rotatable bonds is 2. The van der Waals surface area contributed by atoms with E-state index < -0.39 is 0 Å². The SMILES string of the molecule is CN(C)C=Nc1cnc(Cl)nc1Cl. The van der Waals surface area contributed by atoms with Crippen LogP contribution < -0.4 is 0 Å². The molecule has 0 bridgehead atoms. The minimum Gasteiger partial charge on any atom is -0.369 e. The summed E-state index contributed by atoms with van der Waals surface area (Å²) in [6.45, 7) is 0. The first-order chi connectivity index (χ1) is 6.09. The third-order valence-corrected chi connectivity index (χ3v) is 1.58. The van der Waals surface area contributed by atoms with Crippen LogP contribution in [0.4, 0.5) is 5.69 Å². The summed E-state index contributed by atoms with van der Waals surface area (Å²) in [7, 11) is 3.71. The van der Waals surface area contributed by atoms with Crippen molar-refractivity contribution < 1.29 is 0 Å². The monoisotopic (exact) mass is 218 g/mol. The lowest BCUT2D eigenvalue weighted by atomic mass is 10.5. The van der Waals surface area contributed by atoms with Crippen molar-refractivity contribution >= 4 is 35.2 Å². The van der Waals surface area contributed by atoms with Crippen LogP contribution in [0.3, 0.4) is 0 Å². The van der Waals surface area contributed by atoms with Gasteiger partial charge < -0.3 is 4.90 Å². The first-order valence-electron chi connectivity index (χ1n) is 3.48. The fourth-order valence-corrected chi connectivity index (χ4v) is 0.953. The Bertz CT molecular complexity index is 324. The van der Waals surface area contributed by atoms with Gasteiger partial charge in [0.15, 0.2) is 5.15 Å². The number of aliphatic imine (C=N–C) groups is 1. The number of aromatic nitrogens is 2. The Morgan fingerprint density at radius 1 is 1.46 bits per heavy atom. The first kappa shape index (κ1) is 10.2. The van der Waals surface area contributed by atoms with Gasteiger partial charge in [-0.3, -0.25) is 0 Å². The molecule has 0 radical (unpaired) electrons. The van der Waals surface area contributed by atoms with Crippen LogP contribution in [0.25, 0.3) is 0 Å². The van der Waals surface area contributed by atoms with Crippen molar-refractivity contribution in [3.63, 3.8) is 0 Å². The standard InChI is InChI=1S/C7H8Cl2N4/c1-13(2)4-11-5-3-10-7(9)12-6(5)8/h3-4H,1-2H3. The molecule has 0 spiro atoms. The van der Waals surface area contributed by atoms with E-state index in [4.69, 9.17) is 23.2 Å². The maximum Gasteiger partial charge on any atom is 0.223 e. The second-order valence-corrected chi connectivity index (χ2v) is 3.22. The van der Waals surface area contributed by atoms with Gasteiger partial charge in [-0.15, -0.1) is 0 Å². The Hall–Kier alpha value is -0.870. The molecule has 0 unspecified atom stereocenters. The summed E-state index contributed by atoms with van der Waals surface area (Å²) < 4.78 is 0. The number of hydrogen-bond donors (Lipinski definition) is 0. The van der Waals surface area contributed by atoms with E-state index in [0.717, 1.165) is 0 Å². The summed E-state index contributed by atoms with van der Waals surface area (Å²) in [6.07, 6.45) is 3.08. The van der Waals surface area contributed by atoms with Gasteiger partial charge >= 0.3 is 0 Å². The zero-order valence-corrected chi connectivity index (χ0v) is 8.71. The van der Waals surface area contributed by atoms with Crippen molar-refractivity contribution in [1.82, 2.24) is 14.9 Å². The van der Waals surface area contributed by atoms with Crippen molar-refractivity contribution in [1.29, 1.82) is 0 Å². The van der Waals surface area contributed by atoms with Gasteiger partial charge in [0.1, 0.15) is 5.69 Å². The lowest BCUT2D eigenvalue weighted by Crippen LogP contribution is -2.07. The van der Waals surface area contributed by atoms with Crippen LogP contribution in [0, 0.1) is 0 Å². The molecular formula is C7H8Cl2N4. The summed E-state index contributed by atoms with van der Waals surface area (Å²) >= 11 is 11.3. The highest BCUT2D eigenvalue weighted by Crippen LogP contribution is 2.21. The lowest BCUT2D eigenvalue weighted by Gasteiger charge is -2.02. The van der Waals surface area contributed by atoms with Crippen LogP contribution in [0.5, 0.6) is 0 Å². The van der Waals surface area contributed by atoms with Crippen LogP contribution in [0.2, 0.25) is 10.4 Å². The van der Waals surface area contributed by atoms with Gasteiger partial charge in [0.25, 0.3) is 0 Å². The van der Waals surface area contributed by atoms with Gasteiger partial charge in [-0.1, -0.05) is 11.6 Å². The fraction of sp³-hybridized carbons (Fsp3) is 0.286. The molecule has 0 aliphatic heterocycles. The largest absolute Gasteiger partial charge is 0.369 e. The van der Waals surface area contributed by atoms with E-state index in [-0.39, 0.29) is 10.4 Å². The predicted molar refractivity (Wildman–Crippen MR) is 53.9 cm³/mol. The Kier molecular flexibility index (Phi) is 3.45. The van der Waals surface area contributed by atoms with Crippen molar-refractivity contribution in [2.75, 3.05) is 14.1 Å². The highest BCUT2D eigenvalue weighted by molar-refractivity contribution is 6.33. The van der Waals surface area contributed by atoms with Gasteiger partial charge in [-0.05, 0) is 11.6 Å². The molecule has 6 heteroatoms. The molecule has 1 aromatic rings. The number of halogens is 2. The molecule has 1 heterocycles. The van der Waals surface area contributed by atoms with Gasteiger partial charge in [0, 0.05) is 14.1 Å². The molecule has 0 amide bonds. The van der Waals surface area contributed by atoms with Crippen molar-refractivity contribution in [2.45, 2.75) is 0 Å². The Balaban J connectivity index is 2.90. The van der Waals surface area contributed by atoms with Crippen molar-refractivity contribution in [2.24, 2.45) is 4.99 Å². The van der Waals surface area contributed by atoms with Gasteiger partial charge in [0.05, 0.1) is 12.5 Å². The maximum atomic E-state index is 5.75. The Morgan fingerprint density at radius 2 is 2.15 bits per heavy atom. The molecule has 0 aliphatic carbocycles. The number of nitrogens with zero attached hydrogens (tertiary/aromatic N) is 4. The van der Waals surface area contributed by atoms with E-state index in [1.807, 2.05) is 14.1 Å². The molecular weight excluding hydrogens is 211 g/mol. The molecule has 0 atom stereocenters. The minimum absolute atomic E-state index is 0.119. The molecule has 1 aromatic heterocycles. The summed E-state index contributed by atoms with van der Waals surface area (Å²) in [6, 6.07) is 0. The average Bonchev–Trinajstić information content (AvgIpc) is 2.02. The molecule has 13 heavy (non-hydrogen) atoms. The molecule has 0 aliphatic rings. The van der Waals surface area contributed by atoms with Crippen LogP contribution in [0.1, 0.15) is 0 Å². The van der Waals surface area contributed by atoms with Gasteiger partial charge in [-0.2, -0.15) is 0 Å². The van der Waals surface area contributed by atoms with E-state index in [0.29, 0.717) is 5.69 Å². The fourth-order valence-electron chi connectivity index (χ4n) is 0.599. The molecule has 0 fully saturated rings. The molecule has 4 nitrogen and oxygen atoms in total. The second-order valence-electron chi connectivity index (χ2n) is 2.52. The summed E-state index contributed by atoms with van der Waals surface area (Å²) in [5.41, 5.74) is 0.500. The van der Waals surface area contributed by atoms with Crippen molar-refractivity contribution in [3.05, 3.63) is 16.6 Å². The molecule has 0 aromatic carbocycles. The minimum atomic E-state index is 0.119. The maximum absolute atomic E-state index is 5.75. The molecule has 0 saturated heterocycles. The van der Waals surface area contributed by atoms with E-state index >= 15 is 0 Å². The Labute approximate surface area is 86.2 Å². The van der Waals surface area contributed by atoms with Crippen molar-refractivity contribution in [3.8, 4) is 0 Å². The van der Waals surface area contributed by atoms with Crippen LogP contribution >= 0.6 is 23.2 Å². The zero-order valence-electron chi connectivity index (χ0n) is 7.20. The van der Waals surface area contributed by atoms with E-state index in [1.54, 1.807) is 11.2 Å². The van der Waals surface area contributed by atoms with Crippen LogP contribution in [-0.2, 0) is 0 Å². The topological polar surface area (TPSA) is 41.4 Å². The normalized spacial score (nSPS) is 10.8. The highest BCUT2D eigenvalue weighted by atomic mass is 35.5. The second kappa shape index (κ2) is 4.39. The van der Waals surface area contributed by atoms with E-state index in [1.165, 1.54) is 6.20 Å². The van der Waals surface area contributed by atoms with E-state index in [9.17, 15) is 0 Å². The van der Waals surface area contributed by atoms with Gasteiger partial charge in [0.2, 0.25) is 5.28 Å². The lowest BCUT2D eigenvalue weighted by molar-refractivity contribution is 0.643. The van der Waals surface area contributed by atoms with Crippen LogP contribution in [-0.4, -0.2) is 35.3 Å². The summed E-state index contributed by atoms with van der Waals surface area (Å²) in [4.78, 5) is 13.3. The molecule has 1 rings (SSSR count). The quantitative estimate of drug-likeness (QED) is 0.330. The third kappa shape index (κ3) is 3.16. The van der Waals surface area contributed by atoms with Gasteiger partial charge in [-0.25, -0.2) is 15.0 Å². The molecule has 0 N–H and O–H groups in total. The molecule has 0 saturated carbocycles. The Morgan fingerprint density at radius 3 is 2.69 bits per heavy atom. The zero-order chi connectivity index (χ0) is 9.84. The first-order valence-corrected chi connectivity index (χ1v) is 4.24. The highest BCUT2D eigenvalue weighted by Gasteiger charge is 2.00. The third-order valence-electron chi connectivity index (χ3n) is 1.12. The number of hydrogen-bond acceptors (Lipinski definition) is 3. The summed E-state index contributed by atoms with van der Waals surface area (Å²) in [5, 5.41) is 0.368. The molecule has 70 valence electrons. The smallest absolute Gasteiger partial charge is 0.223 e.